The van der Waals surface area contributed by atoms with Crippen LogP contribution in [-0.4, -0.2) is 15.6 Å². The maximum atomic E-state index is 11.5. The first-order valence-electron chi connectivity index (χ1n) is 5.46. The Labute approximate surface area is 108 Å². The molecular weight excluding hydrogens is 250 g/mol. The summed E-state index contributed by atoms with van der Waals surface area (Å²) in [6.07, 6.45) is 1.42. The predicted octanol–water partition coefficient (Wildman–Crippen LogP) is 2.27. The molecule has 5 heteroatoms. The number of thiophene rings is 1. The Morgan fingerprint density at radius 1 is 1.44 bits per heavy atom. The number of carboxylic acids is 1. The zero-order chi connectivity index (χ0) is 13.3. The third kappa shape index (κ3) is 2.36. The summed E-state index contributed by atoms with van der Waals surface area (Å²) >= 11 is 1.63. The van der Waals surface area contributed by atoms with Crippen LogP contribution >= 0.6 is 11.3 Å². The molecular formula is C13H13NO3S. The number of carboxylic acid groups (broad SMARTS) is 1. The standard InChI is InChI=1S/C13H13NO3S/c1-8-3-4-18-12(8)7-14-6-10(13(16)17)11(15)5-9(14)2/h3-6H,7H2,1-2H3,(H,16,17). The van der Waals surface area contributed by atoms with Crippen LogP contribution in [0.2, 0.25) is 0 Å². The van der Waals surface area contributed by atoms with Crippen molar-refractivity contribution in [3.05, 3.63) is 55.6 Å². The van der Waals surface area contributed by atoms with Crippen LogP contribution in [0.1, 0.15) is 26.5 Å². The molecule has 2 aromatic heterocycles. The summed E-state index contributed by atoms with van der Waals surface area (Å²) in [6.45, 7) is 4.41. The van der Waals surface area contributed by atoms with Crippen molar-refractivity contribution in [1.82, 2.24) is 4.57 Å². The second-order valence-corrected chi connectivity index (χ2v) is 5.15. The van der Waals surface area contributed by atoms with Crippen LogP contribution in [0.15, 0.2) is 28.5 Å². The smallest absolute Gasteiger partial charge is 0.341 e. The van der Waals surface area contributed by atoms with Crippen LogP contribution in [-0.2, 0) is 6.54 Å². The van der Waals surface area contributed by atoms with E-state index in [9.17, 15) is 9.59 Å². The molecule has 0 aliphatic carbocycles. The Morgan fingerprint density at radius 3 is 2.72 bits per heavy atom. The topological polar surface area (TPSA) is 59.3 Å². The Bertz CT molecular complexity index is 654. The van der Waals surface area contributed by atoms with E-state index in [2.05, 4.69) is 0 Å². The molecule has 2 rings (SSSR count). The second kappa shape index (κ2) is 4.78. The zero-order valence-electron chi connectivity index (χ0n) is 10.1. The minimum Gasteiger partial charge on any atom is -0.477 e. The summed E-state index contributed by atoms with van der Waals surface area (Å²) in [5.41, 5.74) is 1.31. The molecule has 2 aromatic rings. The summed E-state index contributed by atoms with van der Waals surface area (Å²) < 4.78 is 1.80. The summed E-state index contributed by atoms with van der Waals surface area (Å²) in [6, 6.07) is 3.39. The summed E-state index contributed by atoms with van der Waals surface area (Å²) in [4.78, 5) is 23.6. The molecule has 0 unspecified atom stereocenters. The van der Waals surface area contributed by atoms with Crippen LogP contribution in [0, 0.1) is 13.8 Å². The molecule has 0 atom stereocenters. The molecule has 0 spiro atoms. The summed E-state index contributed by atoms with van der Waals surface area (Å²) in [7, 11) is 0. The van der Waals surface area contributed by atoms with Crippen molar-refractivity contribution in [2.24, 2.45) is 0 Å². The number of hydrogen-bond acceptors (Lipinski definition) is 3. The van der Waals surface area contributed by atoms with Crippen molar-refractivity contribution < 1.29 is 9.90 Å². The van der Waals surface area contributed by atoms with Gasteiger partial charge in [0, 0.05) is 22.8 Å². The molecule has 1 N–H and O–H groups in total. The summed E-state index contributed by atoms with van der Waals surface area (Å²) in [5.74, 6) is -1.18. The van der Waals surface area contributed by atoms with Gasteiger partial charge in [0.2, 0.25) is 0 Å². The van der Waals surface area contributed by atoms with Crippen molar-refractivity contribution in [2.45, 2.75) is 20.4 Å². The normalized spacial score (nSPS) is 10.6. The third-order valence-electron chi connectivity index (χ3n) is 2.86. The average molecular weight is 263 g/mol. The van der Waals surface area contributed by atoms with Gasteiger partial charge in [-0.2, -0.15) is 0 Å². The van der Waals surface area contributed by atoms with Crippen molar-refractivity contribution in [1.29, 1.82) is 0 Å². The van der Waals surface area contributed by atoms with Gasteiger partial charge >= 0.3 is 5.97 Å². The molecule has 2 heterocycles. The highest BCUT2D eigenvalue weighted by Gasteiger charge is 2.11. The lowest BCUT2D eigenvalue weighted by Crippen LogP contribution is -2.19. The van der Waals surface area contributed by atoms with Gasteiger partial charge in [0.05, 0.1) is 6.54 Å². The minimum atomic E-state index is -1.18. The Hall–Kier alpha value is -1.88. The van der Waals surface area contributed by atoms with Gasteiger partial charge in [-0.1, -0.05) is 0 Å². The van der Waals surface area contributed by atoms with Crippen LogP contribution < -0.4 is 5.43 Å². The van der Waals surface area contributed by atoms with E-state index in [1.165, 1.54) is 17.8 Å². The number of aromatic nitrogens is 1. The van der Waals surface area contributed by atoms with Crippen molar-refractivity contribution in [3.8, 4) is 0 Å². The highest BCUT2D eigenvalue weighted by molar-refractivity contribution is 7.10. The predicted molar refractivity (Wildman–Crippen MR) is 70.6 cm³/mol. The first-order chi connectivity index (χ1) is 8.49. The molecule has 0 amide bonds. The van der Waals surface area contributed by atoms with E-state index in [0.717, 1.165) is 10.6 Å². The molecule has 0 radical (unpaired) electrons. The van der Waals surface area contributed by atoms with Crippen molar-refractivity contribution >= 4 is 17.3 Å². The maximum Gasteiger partial charge on any atom is 0.341 e. The van der Waals surface area contributed by atoms with E-state index in [1.54, 1.807) is 22.8 Å². The monoisotopic (exact) mass is 263 g/mol. The molecule has 0 bridgehead atoms. The molecule has 18 heavy (non-hydrogen) atoms. The van der Waals surface area contributed by atoms with Gasteiger partial charge in [0.15, 0.2) is 5.43 Å². The van der Waals surface area contributed by atoms with Gasteiger partial charge < -0.3 is 9.67 Å². The van der Waals surface area contributed by atoms with Gasteiger partial charge in [-0.3, -0.25) is 4.79 Å². The maximum absolute atomic E-state index is 11.5. The molecule has 4 nitrogen and oxygen atoms in total. The number of aryl methyl sites for hydroxylation is 2. The van der Waals surface area contributed by atoms with Gasteiger partial charge in [0.1, 0.15) is 5.56 Å². The summed E-state index contributed by atoms with van der Waals surface area (Å²) in [5, 5.41) is 11.0. The number of carbonyl (C=O) groups is 1. The third-order valence-corrected chi connectivity index (χ3v) is 3.86. The largest absolute Gasteiger partial charge is 0.477 e. The average Bonchev–Trinajstić information content (AvgIpc) is 2.67. The number of aromatic carboxylic acids is 1. The first kappa shape index (κ1) is 12.6. The fourth-order valence-electron chi connectivity index (χ4n) is 1.72. The molecule has 0 saturated heterocycles. The van der Waals surface area contributed by atoms with Gasteiger partial charge in [-0.05, 0) is 30.9 Å². The van der Waals surface area contributed by atoms with Crippen molar-refractivity contribution in [3.63, 3.8) is 0 Å². The van der Waals surface area contributed by atoms with E-state index in [4.69, 9.17) is 5.11 Å². The van der Waals surface area contributed by atoms with Gasteiger partial charge in [0.25, 0.3) is 0 Å². The molecule has 94 valence electrons. The van der Waals surface area contributed by atoms with E-state index in [-0.39, 0.29) is 5.56 Å². The van der Waals surface area contributed by atoms with Crippen LogP contribution in [0.4, 0.5) is 0 Å². The molecule has 0 aliphatic heterocycles. The van der Waals surface area contributed by atoms with Crippen LogP contribution in [0.25, 0.3) is 0 Å². The van der Waals surface area contributed by atoms with Gasteiger partial charge in [-0.25, -0.2) is 4.79 Å². The highest BCUT2D eigenvalue weighted by Crippen LogP contribution is 2.17. The number of pyridine rings is 1. The number of hydrogen-bond donors (Lipinski definition) is 1. The fraction of sp³-hybridized carbons (Fsp3) is 0.231. The lowest BCUT2D eigenvalue weighted by atomic mass is 10.2. The fourth-order valence-corrected chi connectivity index (χ4v) is 2.63. The lowest BCUT2D eigenvalue weighted by Gasteiger charge is -2.11. The van der Waals surface area contributed by atoms with Crippen LogP contribution in [0.3, 0.4) is 0 Å². The SMILES string of the molecule is Cc1ccsc1Cn1cc(C(=O)O)c(=O)cc1C. The Kier molecular flexibility index (Phi) is 3.34. The Morgan fingerprint density at radius 2 is 2.17 bits per heavy atom. The second-order valence-electron chi connectivity index (χ2n) is 4.15. The lowest BCUT2D eigenvalue weighted by molar-refractivity contribution is 0.0694. The van der Waals surface area contributed by atoms with Crippen LogP contribution in [0.5, 0.6) is 0 Å². The van der Waals surface area contributed by atoms with E-state index in [1.807, 2.05) is 18.4 Å². The van der Waals surface area contributed by atoms with E-state index >= 15 is 0 Å². The Balaban J connectivity index is 2.45. The molecule has 0 aromatic carbocycles. The van der Waals surface area contributed by atoms with E-state index < -0.39 is 11.4 Å². The van der Waals surface area contributed by atoms with Crippen molar-refractivity contribution in [2.75, 3.05) is 0 Å². The molecule has 0 aliphatic rings. The zero-order valence-corrected chi connectivity index (χ0v) is 11.0. The molecule has 0 saturated carbocycles. The van der Waals surface area contributed by atoms with Gasteiger partial charge in [-0.15, -0.1) is 11.3 Å². The quantitative estimate of drug-likeness (QED) is 0.924. The number of nitrogens with zero attached hydrogens (tertiary/aromatic N) is 1. The van der Waals surface area contributed by atoms with E-state index in [0.29, 0.717) is 6.54 Å². The molecule has 0 fully saturated rings. The minimum absolute atomic E-state index is 0.185. The highest BCUT2D eigenvalue weighted by atomic mass is 32.1. The first-order valence-corrected chi connectivity index (χ1v) is 6.34. The number of rotatable bonds is 3.